The number of benzene rings is 2. The van der Waals surface area contributed by atoms with Crippen LogP contribution in [0.15, 0.2) is 48.5 Å². The van der Waals surface area contributed by atoms with E-state index in [9.17, 15) is 9.18 Å². The normalized spacial score (nSPS) is 17.1. The number of Topliss-reactive ketones (excluding diaryl/α,β-unsaturated/α-hetero) is 1. The van der Waals surface area contributed by atoms with Gasteiger partial charge in [-0.2, -0.15) is 0 Å². The highest BCUT2D eigenvalue weighted by molar-refractivity contribution is 6.02. The van der Waals surface area contributed by atoms with Crippen molar-refractivity contribution in [1.29, 1.82) is 0 Å². The number of fused-ring (bicyclic) bond motifs is 1. The molecule has 1 aliphatic rings. The van der Waals surface area contributed by atoms with Crippen molar-refractivity contribution in [3.63, 3.8) is 0 Å². The molecule has 0 radical (unpaired) electrons. The van der Waals surface area contributed by atoms with Crippen LogP contribution in [0, 0.1) is 5.82 Å². The maximum Gasteiger partial charge on any atom is 0.185 e. The molecule has 0 spiro atoms. The van der Waals surface area contributed by atoms with Crippen LogP contribution in [0.1, 0.15) is 15.9 Å². The maximum atomic E-state index is 12.8. The zero-order chi connectivity index (χ0) is 12.5. The number of carbonyl (C=O) groups excluding carboxylic acids is 1. The summed E-state index contributed by atoms with van der Waals surface area (Å²) in [7, 11) is 0. The van der Waals surface area contributed by atoms with Crippen molar-refractivity contribution in [3.8, 4) is 0 Å². The fraction of sp³-hybridized carbons (Fsp3) is 0.133. The number of halogens is 1. The molecule has 3 rings (SSSR count). The van der Waals surface area contributed by atoms with Gasteiger partial charge in [0.2, 0.25) is 0 Å². The maximum absolute atomic E-state index is 12.8. The van der Waals surface area contributed by atoms with Crippen molar-refractivity contribution in [1.82, 2.24) is 0 Å². The molecule has 0 saturated carbocycles. The lowest BCUT2D eigenvalue weighted by Gasteiger charge is -2.09. The van der Waals surface area contributed by atoms with Gasteiger partial charge in [0.25, 0.3) is 0 Å². The zero-order valence-corrected chi connectivity index (χ0v) is 9.69. The van der Waals surface area contributed by atoms with E-state index in [0.29, 0.717) is 12.0 Å². The molecule has 0 amide bonds. The number of carbonyl (C=O) groups is 1. The van der Waals surface area contributed by atoms with Crippen LogP contribution in [-0.4, -0.2) is 11.8 Å². The summed E-state index contributed by atoms with van der Waals surface area (Å²) in [4.78, 5) is 12.2. The Hall–Kier alpha value is -2.16. The van der Waals surface area contributed by atoms with Gasteiger partial charge in [0.05, 0.1) is 6.04 Å². The fourth-order valence-corrected chi connectivity index (χ4v) is 2.27. The summed E-state index contributed by atoms with van der Waals surface area (Å²) in [5.41, 5.74) is 2.71. The van der Waals surface area contributed by atoms with E-state index in [1.807, 2.05) is 24.3 Å². The van der Waals surface area contributed by atoms with E-state index in [-0.39, 0.29) is 17.6 Å². The Balaban J connectivity index is 1.82. The first-order chi connectivity index (χ1) is 8.74. The second-order valence-corrected chi connectivity index (χ2v) is 4.43. The minimum atomic E-state index is -0.325. The van der Waals surface area contributed by atoms with Gasteiger partial charge in [-0.15, -0.1) is 0 Å². The summed E-state index contributed by atoms with van der Waals surface area (Å²) in [6.07, 6.45) is 0.687. The van der Waals surface area contributed by atoms with Crippen LogP contribution in [0.5, 0.6) is 0 Å². The van der Waals surface area contributed by atoms with E-state index >= 15 is 0 Å². The van der Waals surface area contributed by atoms with Gasteiger partial charge in [0.1, 0.15) is 5.82 Å². The topological polar surface area (TPSA) is 29.1 Å². The first kappa shape index (κ1) is 11.0. The van der Waals surface area contributed by atoms with Gasteiger partial charge in [0, 0.05) is 17.7 Å². The molecule has 0 aromatic heterocycles. The Morgan fingerprint density at radius 3 is 2.56 bits per heavy atom. The summed E-state index contributed by atoms with van der Waals surface area (Å²) in [5.74, 6) is -0.319. The molecule has 90 valence electrons. The van der Waals surface area contributed by atoms with Crippen molar-refractivity contribution >= 4 is 11.5 Å². The quantitative estimate of drug-likeness (QED) is 0.819. The molecular formula is C15H12FNO. The SMILES string of the molecule is O=C(c1ccc(F)cc1)C1Cc2ccccc2N1. The smallest absolute Gasteiger partial charge is 0.185 e. The summed E-state index contributed by atoms with van der Waals surface area (Å²) < 4.78 is 12.8. The Morgan fingerprint density at radius 2 is 1.83 bits per heavy atom. The van der Waals surface area contributed by atoms with Gasteiger partial charge in [-0.3, -0.25) is 4.79 Å². The third-order valence-corrected chi connectivity index (χ3v) is 3.22. The largest absolute Gasteiger partial charge is 0.374 e. The van der Waals surface area contributed by atoms with E-state index in [0.717, 1.165) is 11.3 Å². The van der Waals surface area contributed by atoms with E-state index in [2.05, 4.69) is 5.32 Å². The van der Waals surface area contributed by atoms with E-state index in [1.165, 1.54) is 24.3 Å². The zero-order valence-electron chi connectivity index (χ0n) is 9.69. The molecule has 0 aliphatic carbocycles. The second kappa shape index (κ2) is 4.26. The van der Waals surface area contributed by atoms with Crippen molar-refractivity contribution in [2.24, 2.45) is 0 Å². The summed E-state index contributed by atoms with van der Waals surface area (Å²) in [6.45, 7) is 0. The lowest BCUT2D eigenvalue weighted by Crippen LogP contribution is -2.26. The van der Waals surface area contributed by atoms with Crippen LogP contribution in [0.25, 0.3) is 0 Å². The average Bonchev–Trinajstić information content (AvgIpc) is 2.82. The predicted octanol–water partition coefficient (Wildman–Crippen LogP) is 3.05. The first-order valence-corrected chi connectivity index (χ1v) is 5.88. The van der Waals surface area contributed by atoms with Gasteiger partial charge in [0.15, 0.2) is 5.78 Å². The Labute approximate surface area is 104 Å². The minimum absolute atomic E-state index is 0.00574. The number of ketones is 1. The molecule has 0 fully saturated rings. The molecule has 1 aliphatic heterocycles. The fourth-order valence-electron chi connectivity index (χ4n) is 2.27. The number of rotatable bonds is 2. The highest BCUT2D eigenvalue weighted by Gasteiger charge is 2.26. The van der Waals surface area contributed by atoms with E-state index in [4.69, 9.17) is 0 Å². The van der Waals surface area contributed by atoms with Gasteiger partial charge < -0.3 is 5.32 Å². The monoisotopic (exact) mass is 241 g/mol. The minimum Gasteiger partial charge on any atom is -0.374 e. The van der Waals surface area contributed by atoms with Crippen molar-refractivity contribution < 1.29 is 9.18 Å². The molecular weight excluding hydrogens is 229 g/mol. The predicted molar refractivity (Wildman–Crippen MR) is 68.3 cm³/mol. The van der Waals surface area contributed by atoms with Crippen molar-refractivity contribution in [2.75, 3.05) is 5.32 Å². The van der Waals surface area contributed by atoms with E-state index in [1.54, 1.807) is 0 Å². The van der Waals surface area contributed by atoms with Crippen molar-refractivity contribution in [2.45, 2.75) is 12.5 Å². The van der Waals surface area contributed by atoms with Crippen molar-refractivity contribution in [3.05, 3.63) is 65.5 Å². The third-order valence-electron chi connectivity index (χ3n) is 3.22. The second-order valence-electron chi connectivity index (χ2n) is 4.43. The summed E-state index contributed by atoms with van der Waals surface area (Å²) in [5, 5.41) is 3.20. The number of anilines is 1. The van der Waals surface area contributed by atoms with Crippen LogP contribution in [0.2, 0.25) is 0 Å². The molecule has 2 aromatic rings. The van der Waals surface area contributed by atoms with Gasteiger partial charge in [-0.1, -0.05) is 18.2 Å². The molecule has 1 atom stereocenters. The van der Waals surface area contributed by atoms with E-state index < -0.39 is 0 Å². The summed E-state index contributed by atoms with van der Waals surface area (Å²) >= 11 is 0. The summed E-state index contributed by atoms with van der Waals surface area (Å²) in [6, 6.07) is 13.3. The third kappa shape index (κ3) is 1.88. The molecule has 2 nitrogen and oxygen atoms in total. The first-order valence-electron chi connectivity index (χ1n) is 5.88. The van der Waals surface area contributed by atoms with Gasteiger partial charge in [-0.25, -0.2) is 4.39 Å². The Morgan fingerprint density at radius 1 is 1.11 bits per heavy atom. The highest BCUT2D eigenvalue weighted by Crippen LogP contribution is 2.26. The molecule has 2 aromatic carbocycles. The molecule has 1 heterocycles. The van der Waals surface area contributed by atoms with Crippen LogP contribution in [-0.2, 0) is 6.42 Å². The molecule has 1 N–H and O–H groups in total. The molecule has 0 bridgehead atoms. The lowest BCUT2D eigenvalue weighted by atomic mass is 10.0. The standard InChI is InChI=1S/C15H12FNO/c16-12-7-5-10(6-8-12)15(18)14-9-11-3-1-2-4-13(11)17-14/h1-8,14,17H,9H2. The average molecular weight is 241 g/mol. The van der Waals surface area contributed by atoms with Crippen LogP contribution >= 0.6 is 0 Å². The number of nitrogens with one attached hydrogen (secondary N) is 1. The molecule has 18 heavy (non-hydrogen) atoms. The van der Waals surface area contributed by atoms with Gasteiger partial charge >= 0.3 is 0 Å². The Bertz CT molecular complexity index is 567. The van der Waals surface area contributed by atoms with Crippen LogP contribution in [0.4, 0.5) is 10.1 Å². The molecule has 1 unspecified atom stereocenters. The Kier molecular flexibility index (Phi) is 2.59. The number of hydrogen-bond donors (Lipinski definition) is 1. The van der Waals surface area contributed by atoms with Crippen LogP contribution < -0.4 is 5.32 Å². The lowest BCUT2D eigenvalue weighted by molar-refractivity contribution is 0.0971. The number of para-hydroxylation sites is 1. The van der Waals surface area contributed by atoms with Gasteiger partial charge in [-0.05, 0) is 35.9 Å². The molecule has 0 saturated heterocycles. The molecule has 3 heteroatoms. The van der Waals surface area contributed by atoms with Crippen LogP contribution in [0.3, 0.4) is 0 Å². The number of hydrogen-bond acceptors (Lipinski definition) is 2. The highest BCUT2D eigenvalue weighted by atomic mass is 19.1.